The van der Waals surface area contributed by atoms with Gasteiger partial charge < -0.3 is 4.42 Å². The third-order valence-electron chi connectivity index (χ3n) is 1.77. The van der Waals surface area contributed by atoms with Gasteiger partial charge in [-0.15, -0.1) is 10.2 Å². The average molecular weight is 188 g/mol. The summed E-state index contributed by atoms with van der Waals surface area (Å²) in [6.07, 6.45) is 0. The van der Waals surface area contributed by atoms with E-state index in [9.17, 15) is 4.39 Å². The van der Waals surface area contributed by atoms with Crippen LogP contribution >= 0.6 is 0 Å². The fourth-order valence-electron chi connectivity index (χ4n) is 1.09. The molecule has 1 heterocycles. The summed E-state index contributed by atoms with van der Waals surface area (Å²) in [4.78, 5) is 0. The van der Waals surface area contributed by atoms with Crippen molar-refractivity contribution in [2.75, 3.05) is 0 Å². The van der Waals surface area contributed by atoms with Gasteiger partial charge in [-0.25, -0.2) is 4.39 Å². The molecule has 1 aromatic heterocycles. The second-order valence-electron chi connectivity index (χ2n) is 2.86. The summed E-state index contributed by atoms with van der Waals surface area (Å²) in [6, 6.07) is 4.27. The number of aryl methyl sites for hydroxylation is 1. The zero-order valence-corrected chi connectivity index (χ0v) is 7.49. The molecule has 0 bridgehead atoms. The highest BCUT2D eigenvalue weighted by Crippen LogP contribution is 2.16. The second kappa shape index (κ2) is 3.25. The molecule has 0 saturated heterocycles. The van der Waals surface area contributed by atoms with Gasteiger partial charge in [-0.3, -0.25) is 0 Å². The van der Waals surface area contributed by atoms with E-state index in [4.69, 9.17) is 12.3 Å². The molecule has 2 rings (SSSR count). The number of halogens is 1. The molecular weight excluding hydrogens is 182 g/mol. The second-order valence-corrected chi connectivity index (χ2v) is 2.86. The van der Waals surface area contributed by atoms with Gasteiger partial charge in [0.1, 0.15) is 13.7 Å². The molecule has 0 amide bonds. The number of rotatable bonds is 1. The minimum absolute atomic E-state index is 0.0679. The van der Waals surface area contributed by atoms with E-state index in [1.54, 1.807) is 13.0 Å². The van der Waals surface area contributed by atoms with E-state index in [1.165, 1.54) is 12.1 Å². The molecule has 3 nitrogen and oxygen atoms in total. The summed E-state index contributed by atoms with van der Waals surface area (Å²) in [7, 11) is 5.40. The molecule has 0 spiro atoms. The summed E-state index contributed by atoms with van der Waals surface area (Å²) in [5, 5.41) is 7.46. The van der Waals surface area contributed by atoms with Crippen LogP contribution in [0.4, 0.5) is 4.39 Å². The Labute approximate surface area is 81.4 Å². The molecule has 2 aromatic rings. The van der Waals surface area contributed by atoms with Crippen LogP contribution in [0.1, 0.15) is 5.89 Å². The van der Waals surface area contributed by atoms with Crippen LogP contribution in [0.15, 0.2) is 22.6 Å². The molecule has 0 fully saturated rings. The zero-order chi connectivity index (χ0) is 10.1. The van der Waals surface area contributed by atoms with Crippen molar-refractivity contribution in [1.82, 2.24) is 10.2 Å². The molecule has 0 saturated carbocycles. The molecule has 0 aliphatic heterocycles. The molecule has 14 heavy (non-hydrogen) atoms. The van der Waals surface area contributed by atoms with E-state index in [0.29, 0.717) is 17.3 Å². The normalized spacial score (nSPS) is 10.4. The molecule has 0 atom stereocenters. The lowest BCUT2D eigenvalue weighted by Crippen LogP contribution is -2.07. The van der Waals surface area contributed by atoms with E-state index in [0.717, 1.165) is 0 Å². The van der Waals surface area contributed by atoms with Crippen LogP contribution in [-0.4, -0.2) is 18.0 Å². The summed E-state index contributed by atoms with van der Waals surface area (Å²) in [5.41, 5.74) is 0.683. The van der Waals surface area contributed by atoms with Crippen molar-refractivity contribution in [2.24, 2.45) is 0 Å². The van der Waals surface area contributed by atoms with Crippen LogP contribution in [-0.2, 0) is 0 Å². The number of hydrogen-bond acceptors (Lipinski definition) is 3. The lowest BCUT2D eigenvalue weighted by molar-refractivity contribution is 0.532. The van der Waals surface area contributed by atoms with E-state index < -0.39 is 5.82 Å². The standard InChI is InChI=1S/C9H6BFN2O/c1-5-12-13-9(14-5)6-2-3-8(11)7(10)4-6/h2-4H,1H3. The lowest BCUT2D eigenvalue weighted by atomic mass is 9.94. The summed E-state index contributed by atoms with van der Waals surface area (Å²) in [6.45, 7) is 1.68. The number of hydrogen-bond donors (Lipinski definition) is 0. The fraction of sp³-hybridized carbons (Fsp3) is 0.111. The van der Waals surface area contributed by atoms with Gasteiger partial charge in [0.15, 0.2) is 0 Å². The highest BCUT2D eigenvalue weighted by molar-refractivity contribution is 6.32. The third kappa shape index (κ3) is 1.53. The average Bonchev–Trinajstić information content (AvgIpc) is 2.57. The van der Waals surface area contributed by atoms with E-state index >= 15 is 0 Å². The molecule has 5 heteroatoms. The van der Waals surface area contributed by atoms with Gasteiger partial charge in [0, 0.05) is 12.5 Å². The first-order valence-electron chi connectivity index (χ1n) is 4.02. The topological polar surface area (TPSA) is 38.9 Å². The molecule has 2 radical (unpaired) electrons. The van der Waals surface area contributed by atoms with Crippen LogP contribution in [0, 0.1) is 12.7 Å². The highest BCUT2D eigenvalue weighted by Gasteiger charge is 2.06. The van der Waals surface area contributed by atoms with Gasteiger partial charge in [-0.2, -0.15) is 0 Å². The van der Waals surface area contributed by atoms with Gasteiger partial charge in [-0.05, 0) is 12.1 Å². The predicted octanol–water partition coefficient (Wildman–Crippen LogP) is 0.978. The minimum atomic E-state index is -0.454. The Kier molecular flexibility index (Phi) is 2.07. The van der Waals surface area contributed by atoms with Gasteiger partial charge in [0.2, 0.25) is 11.8 Å². The van der Waals surface area contributed by atoms with Gasteiger partial charge in [-0.1, -0.05) is 11.5 Å². The Morgan fingerprint density at radius 1 is 1.36 bits per heavy atom. The van der Waals surface area contributed by atoms with E-state index in [-0.39, 0.29) is 5.46 Å². The quantitative estimate of drug-likeness (QED) is 0.626. The first-order valence-corrected chi connectivity index (χ1v) is 4.02. The minimum Gasteiger partial charge on any atom is -0.421 e. The van der Waals surface area contributed by atoms with E-state index in [1.807, 2.05) is 0 Å². The van der Waals surface area contributed by atoms with Crippen molar-refractivity contribution in [1.29, 1.82) is 0 Å². The van der Waals surface area contributed by atoms with Crippen molar-refractivity contribution >= 4 is 13.3 Å². The number of benzene rings is 1. The van der Waals surface area contributed by atoms with Crippen LogP contribution in [0.3, 0.4) is 0 Å². The SMILES string of the molecule is [B]c1cc(-c2nnc(C)o2)ccc1F. The zero-order valence-electron chi connectivity index (χ0n) is 7.49. The summed E-state index contributed by atoms with van der Waals surface area (Å²) < 4.78 is 18.0. The Morgan fingerprint density at radius 3 is 2.71 bits per heavy atom. The van der Waals surface area contributed by atoms with Crippen LogP contribution < -0.4 is 5.46 Å². The maximum atomic E-state index is 12.8. The molecule has 1 aromatic carbocycles. The largest absolute Gasteiger partial charge is 0.421 e. The first kappa shape index (κ1) is 8.93. The van der Waals surface area contributed by atoms with Crippen molar-refractivity contribution in [3.8, 4) is 11.5 Å². The Balaban J connectivity index is 2.47. The molecule has 0 aliphatic rings. The third-order valence-corrected chi connectivity index (χ3v) is 1.77. The summed E-state index contributed by atoms with van der Waals surface area (Å²) >= 11 is 0. The van der Waals surface area contributed by atoms with Gasteiger partial charge >= 0.3 is 0 Å². The molecule has 0 aliphatic carbocycles. The van der Waals surface area contributed by atoms with Crippen LogP contribution in [0.5, 0.6) is 0 Å². The number of aromatic nitrogens is 2. The Bertz CT molecular complexity index is 470. The highest BCUT2D eigenvalue weighted by atomic mass is 19.1. The molecular formula is C9H6BFN2O. The van der Waals surface area contributed by atoms with Gasteiger partial charge in [0.05, 0.1) is 0 Å². The van der Waals surface area contributed by atoms with Gasteiger partial charge in [0.25, 0.3) is 0 Å². The molecule has 0 unspecified atom stereocenters. The molecule has 68 valence electrons. The van der Waals surface area contributed by atoms with E-state index in [2.05, 4.69) is 10.2 Å². The van der Waals surface area contributed by atoms with Crippen LogP contribution in [0.25, 0.3) is 11.5 Å². The predicted molar refractivity (Wildman–Crippen MR) is 49.8 cm³/mol. The summed E-state index contributed by atoms with van der Waals surface area (Å²) in [5.74, 6) is 0.349. The van der Waals surface area contributed by atoms with Crippen LogP contribution in [0.2, 0.25) is 0 Å². The maximum absolute atomic E-state index is 12.8. The Morgan fingerprint density at radius 2 is 2.14 bits per heavy atom. The molecule has 0 N–H and O–H groups in total. The van der Waals surface area contributed by atoms with Crippen molar-refractivity contribution in [3.05, 3.63) is 29.9 Å². The monoisotopic (exact) mass is 188 g/mol. The van der Waals surface area contributed by atoms with Crippen molar-refractivity contribution in [3.63, 3.8) is 0 Å². The smallest absolute Gasteiger partial charge is 0.247 e. The van der Waals surface area contributed by atoms with Crippen molar-refractivity contribution in [2.45, 2.75) is 6.92 Å². The maximum Gasteiger partial charge on any atom is 0.247 e. The fourth-order valence-corrected chi connectivity index (χ4v) is 1.09. The number of nitrogens with zero attached hydrogens (tertiary/aromatic N) is 2. The first-order chi connectivity index (χ1) is 6.66. The Hall–Kier alpha value is -1.65. The van der Waals surface area contributed by atoms with Crippen molar-refractivity contribution < 1.29 is 8.81 Å². The lowest BCUT2D eigenvalue weighted by Gasteiger charge is -1.98.